The Morgan fingerprint density at radius 2 is 2.21 bits per heavy atom. The number of nitrogens with two attached hydrogens (primary N) is 1. The molecule has 19 heavy (non-hydrogen) atoms. The van der Waals surface area contributed by atoms with Crippen molar-refractivity contribution in [1.82, 2.24) is 0 Å². The molecule has 0 aliphatic carbocycles. The summed E-state index contributed by atoms with van der Waals surface area (Å²) >= 11 is 0. The van der Waals surface area contributed by atoms with Gasteiger partial charge in [-0.3, -0.25) is 4.79 Å². The third-order valence-corrected chi connectivity index (χ3v) is 2.44. The van der Waals surface area contributed by atoms with Gasteiger partial charge in [-0.1, -0.05) is 0 Å². The number of carbonyl (C=O) groups is 2. The van der Waals surface area contributed by atoms with Gasteiger partial charge in [-0.2, -0.15) is 0 Å². The molecule has 0 aliphatic heterocycles. The molecule has 1 aromatic carbocycles. The van der Waals surface area contributed by atoms with Gasteiger partial charge >= 0.3 is 5.97 Å². The highest BCUT2D eigenvalue weighted by Gasteiger charge is 2.16. The second-order valence-electron chi connectivity index (χ2n) is 3.88. The lowest BCUT2D eigenvalue weighted by atomic mass is 10.1. The molecule has 0 fully saturated rings. The van der Waals surface area contributed by atoms with E-state index in [1.807, 2.05) is 0 Å². The number of benzene rings is 1. The summed E-state index contributed by atoms with van der Waals surface area (Å²) in [6.07, 6.45) is 0.303. The molecule has 0 saturated carbocycles. The molecule has 6 nitrogen and oxygen atoms in total. The Kier molecular flexibility index (Phi) is 5.40. The van der Waals surface area contributed by atoms with Gasteiger partial charge in [-0.15, -0.1) is 0 Å². The predicted octanol–water partition coefficient (Wildman–Crippen LogP) is 0.826. The van der Waals surface area contributed by atoms with Crippen molar-refractivity contribution in [1.29, 1.82) is 0 Å². The quantitative estimate of drug-likeness (QED) is 0.710. The van der Waals surface area contributed by atoms with E-state index in [-0.39, 0.29) is 11.3 Å². The lowest BCUT2D eigenvalue weighted by Crippen LogP contribution is -2.36. The molecule has 0 heterocycles. The topological polar surface area (TPSA) is 102 Å². The number of ether oxygens (including phenoxy) is 1. The van der Waals surface area contributed by atoms with Gasteiger partial charge in [-0.05, 0) is 24.6 Å². The smallest absolute Gasteiger partial charge is 0.335 e. The van der Waals surface area contributed by atoms with Crippen LogP contribution < -0.4 is 11.1 Å². The molecule has 1 unspecified atom stereocenters. The van der Waals surface area contributed by atoms with Gasteiger partial charge in [-0.25, -0.2) is 9.18 Å². The first-order chi connectivity index (χ1) is 8.95. The fraction of sp³-hybridized carbons (Fsp3) is 0.333. The molecule has 1 atom stereocenters. The second-order valence-corrected chi connectivity index (χ2v) is 3.88. The van der Waals surface area contributed by atoms with Gasteiger partial charge in [0, 0.05) is 13.7 Å². The van der Waals surface area contributed by atoms with E-state index in [0.717, 1.165) is 6.07 Å². The molecular weight excluding hydrogens is 255 g/mol. The summed E-state index contributed by atoms with van der Waals surface area (Å²) in [5.74, 6) is -2.63. The first kappa shape index (κ1) is 15.1. The van der Waals surface area contributed by atoms with Crippen LogP contribution in [0.15, 0.2) is 18.2 Å². The third kappa shape index (κ3) is 4.31. The number of nitrogens with one attached hydrogen (secondary N) is 1. The highest BCUT2D eigenvalue weighted by molar-refractivity contribution is 5.95. The third-order valence-electron chi connectivity index (χ3n) is 2.44. The molecule has 1 rings (SSSR count). The molecule has 0 radical (unpaired) electrons. The Labute approximate surface area is 109 Å². The lowest BCUT2D eigenvalue weighted by molar-refractivity contribution is -0.117. The second kappa shape index (κ2) is 6.81. The van der Waals surface area contributed by atoms with Gasteiger partial charge in [0.2, 0.25) is 5.91 Å². The Morgan fingerprint density at radius 1 is 1.53 bits per heavy atom. The molecular formula is C12H15FN2O4. The summed E-state index contributed by atoms with van der Waals surface area (Å²) in [6.45, 7) is 0.315. The van der Waals surface area contributed by atoms with Crippen molar-refractivity contribution in [2.24, 2.45) is 5.73 Å². The number of anilines is 1. The molecule has 0 spiro atoms. The van der Waals surface area contributed by atoms with Crippen molar-refractivity contribution in [2.45, 2.75) is 12.5 Å². The van der Waals surface area contributed by atoms with E-state index < -0.39 is 23.7 Å². The van der Waals surface area contributed by atoms with Crippen molar-refractivity contribution >= 4 is 17.6 Å². The van der Waals surface area contributed by atoms with E-state index in [0.29, 0.717) is 13.0 Å². The zero-order valence-electron chi connectivity index (χ0n) is 10.4. The Balaban J connectivity index is 2.72. The fourth-order valence-electron chi connectivity index (χ4n) is 1.35. The number of methoxy groups -OCH3 is 1. The molecule has 0 aliphatic rings. The monoisotopic (exact) mass is 270 g/mol. The maximum atomic E-state index is 13.5. The number of carboxylic acid groups (broad SMARTS) is 1. The van der Waals surface area contributed by atoms with E-state index in [1.54, 1.807) is 0 Å². The highest BCUT2D eigenvalue weighted by Crippen LogP contribution is 2.16. The molecule has 0 bridgehead atoms. The minimum Gasteiger partial charge on any atom is -0.478 e. The molecule has 104 valence electrons. The minimum absolute atomic E-state index is 0.108. The summed E-state index contributed by atoms with van der Waals surface area (Å²) in [7, 11) is 1.48. The summed E-state index contributed by atoms with van der Waals surface area (Å²) in [5, 5.41) is 11.0. The lowest BCUT2D eigenvalue weighted by Gasteiger charge is -2.12. The number of rotatable bonds is 6. The van der Waals surface area contributed by atoms with Gasteiger partial charge < -0.3 is 20.9 Å². The van der Waals surface area contributed by atoms with Crippen LogP contribution in [-0.2, 0) is 9.53 Å². The summed E-state index contributed by atoms with van der Waals surface area (Å²) in [4.78, 5) is 22.2. The number of hydrogen-bond donors (Lipinski definition) is 3. The van der Waals surface area contributed by atoms with Crippen LogP contribution in [0.4, 0.5) is 10.1 Å². The van der Waals surface area contributed by atoms with Gasteiger partial charge in [0.05, 0.1) is 17.3 Å². The van der Waals surface area contributed by atoms with E-state index in [9.17, 15) is 14.0 Å². The van der Waals surface area contributed by atoms with Crippen LogP contribution in [0.25, 0.3) is 0 Å². The maximum absolute atomic E-state index is 13.5. The number of aromatic carboxylic acids is 1. The molecule has 1 aromatic rings. The standard InChI is InChI=1S/C12H15FN2O4/c1-19-5-4-9(14)11(16)15-10-3-2-7(12(17)18)6-8(10)13/h2-3,6,9H,4-5,14H2,1H3,(H,15,16)(H,17,18). The van der Waals surface area contributed by atoms with Crippen LogP contribution in [0.3, 0.4) is 0 Å². The molecule has 0 saturated heterocycles. The number of halogens is 1. The highest BCUT2D eigenvalue weighted by atomic mass is 19.1. The Morgan fingerprint density at radius 3 is 2.74 bits per heavy atom. The summed E-state index contributed by atoms with van der Waals surface area (Å²) in [6, 6.07) is 2.39. The van der Waals surface area contributed by atoms with E-state index in [1.165, 1.54) is 19.2 Å². The van der Waals surface area contributed by atoms with Crippen LogP contribution in [0.2, 0.25) is 0 Å². The number of hydrogen-bond acceptors (Lipinski definition) is 4. The Hall–Kier alpha value is -1.99. The zero-order chi connectivity index (χ0) is 14.4. The first-order valence-electron chi connectivity index (χ1n) is 5.54. The van der Waals surface area contributed by atoms with Gasteiger partial charge in [0.25, 0.3) is 0 Å². The molecule has 4 N–H and O–H groups in total. The SMILES string of the molecule is COCCC(N)C(=O)Nc1ccc(C(=O)O)cc1F. The summed E-state index contributed by atoms with van der Waals surface area (Å²) < 4.78 is 18.3. The van der Waals surface area contributed by atoms with Crippen LogP contribution in [0.1, 0.15) is 16.8 Å². The predicted molar refractivity (Wildman–Crippen MR) is 66.5 cm³/mol. The van der Waals surface area contributed by atoms with Crippen molar-refractivity contribution in [3.05, 3.63) is 29.6 Å². The average molecular weight is 270 g/mol. The van der Waals surface area contributed by atoms with Crippen molar-refractivity contribution in [3.8, 4) is 0 Å². The Bertz CT molecular complexity index is 479. The first-order valence-corrected chi connectivity index (χ1v) is 5.54. The van der Waals surface area contributed by atoms with E-state index in [4.69, 9.17) is 15.6 Å². The largest absolute Gasteiger partial charge is 0.478 e. The van der Waals surface area contributed by atoms with E-state index in [2.05, 4.69) is 5.32 Å². The van der Waals surface area contributed by atoms with Crippen LogP contribution in [0, 0.1) is 5.82 Å². The van der Waals surface area contributed by atoms with Crippen molar-refractivity contribution in [2.75, 3.05) is 19.0 Å². The van der Waals surface area contributed by atoms with Crippen LogP contribution >= 0.6 is 0 Å². The normalized spacial score (nSPS) is 11.9. The molecule has 7 heteroatoms. The van der Waals surface area contributed by atoms with Crippen molar-refractivity contribution < 1.29 is 23.8 Å². The fourth-order valence-corrected chi connectivity index (χ4v) is 1.35. The van der Waals surface area contributed by atoms with Crippen molar-refractivity contribution in [3.63, 3.8) is 0 Å². The number of carbonyl (C=O) groups excluding carboxylic acids is 1. The minimum atomic E-state index is -1.24. The van der Waals surface area contributed by atoms with Crippen LogP contribution in [-0.4, -0.2) is 36.7 Å². The molecule has 0 aromatic heterocycles. The maximum Gasteiger partial charge on any atom is 0.335 e. The molecule has 1 amide bonds. The van der Waals surface area contributed by atoms with E-state index >= 15 is 0 Å². The number of carboxylic acids is 1. The van der Waals surface area contributed by atoms with Crippen LogP contribution in [0.5, 0.6) is 0 Å². The van der Waals surface area contributed by atoms with Gasteiger partial charge in [0.1, 0.15) is 5.82 Å². The number of amides is 1. The average Bonchev–Trinajstić information content (AvgIpc) is 2.37. The zero-order valence-corrected chi connectivity index (χ0v) is 10.4. The van der Waals surface area contributed by atoms with Gasteiger partial charge in [0.15, 0.2) is 0 Å². The summed E-state index contributed by atoms with van der Waals surface area (Å²) in [5.41, 5.74) is 5.27.